The largest absolute Gasteiger partial charge is 0.351 e. The molecule has 1 aromatic carbocycles. The van der Waals surface area contributed by atoms with Crippen LogP contribution in [0.25, 0.3) is 10.9 Å². The summed E-state index contributed by atoms with van der Waals surface area (Å²) in [5, 5.41) is 7.65. The van der Waals surface area contributed by atoms with Gasteiger partial charge in [0, 0.05) is 19.0 Å². The monoisotopic (exact) mass is 287 g/mol. The van der Waals surface area contributed by atoms with Crippen molar-refractivity contribution in [1.82, 2.24) is 15.1 Å². The maximum absolute atomic E-state index is 13.4. The third-order valence-electron chi connectivity index (χ3n) is 3.97. The van der Waals surface area contributed by atoms with E-state index in [0.717, 1.165) is 24.8 Å². The Balaban J connectivity index is 1.70. The summed E-state index contributed by atoms with van der Waals surface area (Å²) in [5.41, 5.74) is 1.04. The molecule has 5 heteroatoms. The van der Waals surface area contributed by atoms with E-state index in [2.05, 4.69) is 22.6 Å². The van der Waals surface area contributed by atoms with Gasteiger partial charge in [-0.15, -0.1) is 0 Å². The van der Waals surface area contributed by atoms with Crippen LogP contribution in [0.1, 0.15) is 29.8 Å². The number of nitrogens with one attached hydrogen (secondary N) is 1. The van der Waals surface area contributed by atoms with E-state index in [1.165, 1.54) is 12.1 Å². The molecule has 21 heavy (non-hydrogen) atoms. The predicted octanol–water partition coefficient (Wildman–Crippen LogP) is 2.80. The van der Waals surface area contributed by atoms with Crippen molar-refractivity contribution in [3.8, 4) is 0 Å². The number of carbonyl (C=O) groups is 1. The van der Waals surface area contributed by atoms with E-state index in [-0.39, 0.29) is 17.4 Å². The summed E-state index contributed by atoms with van der Waals surface area (Å²) >= 11 is 0. The SMILES string of the molecule is Cn1nc(C(=O)NCCC2CC=CC2)c2cc(F)ccc21. The molecule has 1 aromatic heterocycles. The van der Waals surface area contributed by atoms with Crippen LogP contribution in [-0.2, 0) is 7.05 Å². The van der Waals surface area contributed by atoms with E-state index in [9.17, 15) is 9.18 Å². The molecule has 0 unspecified atom stereocenters. The van der Waals surface area contributed by atoms with E-state index in [1.54, 1.807) is 17.8 Å². The Morgan fingerprint density at radius 3 is 2.95 bits per heavy atom. The maximum Gasteiger partial charge on any atom is 0.272 e. The van der Waals surface area contributed by atoms with Crippen molar-refractivity contribution in [2.75, 3.05) is 6.54 Å². The zero-order chi connectivity index (χ0) is 14.8. The number of fused-ring (bicyclic) bond motifs is 1. The fraction of sp³-hybridized carbons (Fsp3) is 0.375. The third-order valence-corrected chi connectivity index (χ3v) is 3.97. The maximum atomic E-state index is 13.4. The van der Waals surface area contributed by atoms with Gasteiger partial charge in [0.1, 0.15) is 5.82 Å². The molecule has 0 atom stereocenters. The van der Waals surface area contributed by atoms with Crippen molar-refractivity contribution < 1.29 is 9.18 Å². The number of allylic oxidation sites excluding steroid dienone is 2. The molecule has 2 aromatic rings. The van der Waals surface area contributed by atoms with Gasteiger partial charge in [0.25, 0.3) is 5.91 Å². The van der Waals surface area contributed by atoms with Crippen LogP contribution in [0, 0.1) is 11.7 Å². The highest BCUT2D eigenvalue weighted by Crippen LogP contribution is 2.21. The van der Waals surface area contributed by atoms with E-state index in [0.29, 0.717) is 17.8 Å². The first-order valence-electron chi connectivity index (χ1n) is 7.20. The Bertz CT molecular complexity index is 697. The fourth-order valence-corrected chi connectivity index (χ4v) is 2.79. The van der Waals surface area contributed by atoms with Crippen LogP contribution in [0.5, 0.6) is 0 Å². The average molecular weight is 287 g/mol. The number of aromatic nitrogens is 2. The molecule has 1 heterocycles. The van der Waals surface area contributed by atoms with Gasteiger partial charge < -0.3 is 5.32 Å². The molecule has 0 saturated heterocycles. The predicted molar refractivity (Wildman–Crippen MR) is 79.5 cm³/mol. The summed E-state index contributed by atoms with van der Waals surface area (Å²) in [7, 11) is 1.75. The number of hydrogen-bond acceptors (Lipinski definition) is 2. The van der Waals surface area contributed by atoms with Crippen molar-refractivity contribution >= 4 is 16.8 Å². The third kappa shape index (κ3) is 2.82. The van der Waals surface area contributed by atoms with Gasteiger partial charge in [-0.2, -0.15) is 5.10 Å². The molecule has 0 radical (unpaired) electrons. The Kier molecular flexibility index (Phi) is 3.73. The smallest absolute Gasteiger partial charge is 0.272 e. The molecule has 3 rings (SSSR count). The highest BCUT2D eigenvalue weighted by atomic mass is 19.1. The van der Waals surface area contributed by atoms with Gasteiger partial charge >= 0.3 is 0 Å². The fourth-order valence-electron chi connectivity index (χ4n) is 2.79. The molecule has 0 saturated carbocycles. The van der Waals surface area contributed by atoms with Crippen LogP contribution in [0.4, 0.5) is 4.39 Å². The Morgan fingerprint density at radius 2 is 2.19 bits per heavy atom. The average Bonchev–Trinajstić information content (AvgIpc) is 3.07. The molecule has 4 nitrogen and oxygen atoms in total. The minimum absolute atomic E-state index is 0.239. The molecule has 1 aliphatic rings. The van der Waals surface area contributed by atoms with Crippen molar-refractivity contribution in [1.29, 1.82) is 0 Å². The standard InChI is InChI=1S/C16H18FN3O/c1-20-14-7-6-12(17)10-13(14)15(19-20)16(21)18-9-8-11-4-2-3-5-11/h2-3,6-7,10-11H,4-5,8-9H2,1H3,(H,18,21). The lowest BCUT2D eigenvalue weighted by Gasteiger charge is -2.09. The molecule has 1 N–H and O–H groups in total. The molecule has 0 spiro atoms. The number of carbonyl (C=O) groups excluding carboxylic acids is 1. The zero-order valence-electron chi connectivity index (χ0n) is 12.0. The number of nitrogens with zero attached hydrogens (tertiary/aromatic N) is 2. The molecule has 1 aliphatic carbocycles. The first-order valence-corrected chi connectivity index (χ1v) is 7.20. The summed E-state index contributed by atoms with van der Waals surface area (Å²) in [4.78, 5) is 12.2. The van der Waals surface area contributed by atoms with E-state index >= 15 is 0 Å². The van der Waals surface area contributed by atoms with Crippen LogP contribution < -0.4 is 5.32 Å². The van der Waals surface area contributed by atoms with E-state index in [4.69, 9.17) is 0 Å². The number of benzene rings is 1. The number of hydrogen-bond donors (Lipinski definition) is 1. The molecule has 0 bridgehead atoms. The van der Waals surface area contributed by atoms with Crippen LogP contribution in [0.2, 0.25) is 0 Å². The Labute approximate surface area is 122 Å². The van der Waals surface area contributed by atoms with Gasteiger partial charge in [-0.1, -0.05) is 12.2 Å². The normalized spacial score (nSPS) is 15.0. The molecular weight excluding hydrogens is 269 g/mol. The van der Waals surface area contributed by atoms with E-state index in [1.807, 2.05) is 0 Å². The van der Waals surface area contributed by atoms with Crippen molar-refractivity contribution in [3.05, 3.63) is 41.9 Å². The Hall–Kier alpha value is -2.17. The highest BCUT2D eigenvalue weighted by molar-refractivity contribution is 6.04. The van der Waals surface area contributed by atoms with Gasteiger partial charge in [0.2, 0.25) is 0 Å². The lowest BCUT2D eigenvalue weighted by atomic mass is 10.0. The second-order valence-electron chi connectivity index (χ2n) is 5.49. The molecule has 0 fully saturated rings. The second-order valence-corrected chi connectivity index (χ2v) is 5.49. The summed E-state index contributed by atoms with van der Waals surface area (Å²) in [6, 6.07) is 4.37. The first-order chi connectivity index (χ1) is 10.1. The molecular formula is C16H18FN3O. The van der Waals surface area contributed by atoms with Gasteiger partial charge in [0.05, 0.1) is 5.52 Å². The lowest BCUT2D eigenvalue weighted by Crippen LogP contribution is -2.26. The lowest BCUT2D eigenvalue weighted by molar-refractivity contribution is 0.0947. The minimum Gasteiger partial charge on any atom is -0.351 e. The minimum atomic E-state index is -0.360. The van der Waals surface area contributed by atoms with Gasteiger partial charge in [-0.25, -0.2) is 4.39 Å². The number of amides is 1. The Morgan fingerprint density at radius 1 is 1.43 bits per heavy atom. The quantitative estimate of drug-likeness (QED) is 0.879. The summed E-state index contributed by atoms with van der Waals surface area (Å²) < 4.78 is 15.0. The number of aryl methyl sites for hydroxylation is 1. The summed E-state index contributed by atoms with van der Waals surface area (Å²) in [6.45, 7) is 0.624. The summed E-state index contributed by atoms with van der Waals surface area (Å²) in [6.07, 6.45) is 7.50. The second kappa shape index (κ2) is 5.68. The molecule has 0 aliphatic heterocycles. The van der Waals surface area contributed by atoms with Crippen LogP contribution in [-0.4, -0.2) is 22.2 Å². The topological polar surface area (TPSA) is 46.9 Å². The number of rotatable bonds is 4. The molecule has 1 amide bonds. The van der Waals surface area contributed by atoms with Crippen molar-refractivity contribution in [3.63, 3.8) is 0 Å². The zero-order valence-corrected chi connectivity index (χ0v) is 12.0. The van der Waals surface area contributed by atoms with Gasteiger partial charge in [-0.3, -0.25) is 9.48 Å². The van der Waals surface area contributed by atoms with Crippen LogP contribution in [0.3, 0.4) is 0 Å². The van der Waals surface area contributed by atoms with Crippen LogP contribution in [0.15, 0.2) is 30.4 Å². The van der Waals surface area contributed by atoms with E-state index < -0.39 is 0 Å². The first kappa shape index (κ1) is 13.8. The van der Waals surface area contributed by atoms with Crippen molar-refractivity contribution in [2.24, 2.45) is 13.0 Å². The van der Waals surface area contributed by atoms with Crippen LogP contribution >= 0.6 is 0 Å². The summed E-state index contributed by atoms with van der Waals surface area (Å²) in [5.74, 6) is 0.0296. The van der Waals surface area contributed by atoms with Gasteiger partial charge in [-0.05, 0) is 43.4 Å². The number of halogens is 1. The highest BCUT2D eigenvalue weighted by Gasteiger charge is 2.17. The van der Waals surface area contributed by atoms with Crippen molar-refractivity contribution in [2.45, 2.75) is 19.3 Å². The molecule has 110 valence electrons. The van der Waals surface area contributed by atoms with Gasteiger partial charge in [0.15, 0.2) is 5.69 Å².